The summed E-state index contributed by atoms with van der Waals surface area (Å²) in [4.78, 5) is 21.6. The number of amides is 1. The second-order valence-corrected chi connectivity index (χ2v) is 8.24. The van der Waals surface area contributed by atoms with Gasteiger partial charge < -0.3 is 15.4 Å². The van der Waals surface area contributed by atoms with E-state index in [2.05, 4.69) is 34.4 Å². The van der Waals surface area contributed by atoms with Crippen LogP contribution in [-0.4, -0.2) is 52.2 Å². The van der Waals surface area contributed by atoms with Crippen molar-refractivity contribution in [3.05, 3.63) is 17.5 Å². The van der Waals surface area contributed by atoms with Crippen molar-refractivity contribution in [1.29, 1.82) is 0 Å². The minimum absolute atomic E-state index is 0.0134. The molecule has 6 nitrogen and oxygen atoms in total. The summed E-state index contributed by atoms with van der Waals surface area (Å²) in [5, 5.41) is 6.41. The molecule has 1 saturated heterocycles. The number of ether oxygens (including phenoxy) is 1. The topological polar surface area (TPSA) is 76.1 Å². The molecule has 2 rings (SSSR count). The number of aromatic nitrogens is 2. The molecular weight excluding hydrogens is 336 g/mol. The molecule has 25 heavy (non-hydrogen) atoms. The number of hydrogen-bond donors (Lipinski definition) is 2. The third kappa shape index (κ3) is 6.47. The molecule has 1 amide bonds. The van der Waals surface area contributed by atoms with Crippen molar-refractivity contribution in [3.63, 3.8) is 0 Å². The lowest BCUT2D eigenvalue weighted by atomic mass is 9.93. The SMILES string of the molecule is CSCC[C@H](Nc1nc(C)cc(C)n1)C(=O)N[C@H]1CCOC(C)(C)C1. The summed E-state index contributed by atoms with van der Waals surface area (Å²) in [6.07, 6.45) is 4.46. The molecule has 2 atom stereocenters. The van der Waals surface area contributed by atoms with Gasteiger partial charge in [0.25, 0.3) is 0 Å². The number of anilines is 1. The molecule has 1 aliphatic heterocycles. The number of hydrogen-bond acceptors (Lipinski definition) is 6. The van der Waals surface area contributed by atoms with Crippen molar-refractivity contribution >= 4 is 23.6 Å². The van der Waals surface area contributed by atoms with E-state index in [1.165, 1.54) is 0 Å². The Bertz CT molecular complexity index is 574. The number of carbonyl (C=O) groups is 1. The van der Waals surface area contributed by atoms with Crippen LogP contribution in [0.4, 0.5) is 5.95 Å². The van der Waals surface area contributed by atoms with Crippen molar-refractivity contribution in [3.8, 4) is 0 Å². The molecule has 0 radical (unpaired) electrons. The summed E-state index contributed by atoms with van der Waals surface area (Å²) in [5.74, 6) is 1.43. The van der Waals surface area contributed by atoms with E-state index in [4.69, 9.17) is 4.74 Å². The summed E-state index contributed by atoms with van der Waals surface area (Å²) in [6.45, 7) is 8.68. The minimum atomic E-state index is -0.334. The fourth-order valence-electron chi connectivity index (χ4n) is 3.11. The summed E-state index contributed by atoms with van der Waals surface area (Å²) in [5.41, 5.74) is 1.60. The van der Waals surface area contributed by atoms with Gasteiger partial charge in [-0.25, -0.2) is 9.97 Å². The molecule has 0 bridgehead atoms. The molecule has 0 unspecified atom stereocenters. The van der Waals surface area contributed by atoms with E-state index in [1.807, 2.05) is 26.2 Å². The third-order valence-corrected chi connectivity index (χ3v) is 4.90. The molecule has 2 N–H and O–H groups in total. The smallest absolute Gasteiger partial charge is 0.242 e. The highest BCUT2D eigenvalue weighted by atomic mass is 32.2. The van der Waals surface area contributed by atoms with E-state index in [0.29, 0.717) is 12.6 Å². The van der Waals surface area contributed by atoms with Crippen LogP contribution in [0.5, 0.6) is 0 Å². The van der Waals surface area contributed by atoms with Gasteiger partial charge >= 0.3 is 0 Å². The van der Waals surface area contributed by atoms with E-state index in [1.54, 1.807) is 11.8 Å². The molecule has 0 aliphatic carbocycles. The number of nitrogens with zero attached hydrogens (tertiary/aromatic N) is 2. The molecule has 1 fully saturated rings. The lowest BCUT2D eigenvalue weighted by molar-refractivity contribution is -0.124. The average Bonchev–Trinajstić information content (AvgIpc) is 2.49. The minimum Gasteiger partial charge on any atom is -0.375 e. The molecule has 140 valence electrons. The molecule has 7 heteroatoms. The van der Waals surface area contributed by atoms with E-state index in [0.717, 1.165) is 36.4 Å². The standard InChI is InChI=1S/C18H30N4O2S/c1-12-10-13(2)20-17(19-12)22-15(7-9-25-5)16(23)21-14-6-8-24-18(3,4)11-14/h10,14-15H,6-9,11H2,1-5H3,(H,21,23)(H,19,20,22)/t14-,15-/m0/s1. The van der Waals surface area contributed by atoms with Crippen molar-refractivity contribution in [2.24, 2.45) is 0 Å². The van der Waals surface area contributed by atoms with Crippen LogP contribution < -0.4 is 10.6 Å². The van der Waals surface area contributed by atoms with Crippen LogP contribution in [0, 0.1) is 13.8 Å². The van der Waals surface area contributed by atoms with Gasteiger partial charge in [-0.15, -0.1) is 0 Å². The predicted octanol–water partition coefficient (Wildman–Crippen LogP) is 2.70. The fraction of sp³-hybridized carbons (Fsp3) is 0.722. The maximum absolute atomic E-state index is 12.8. The van der Waals surface area contributed by atoms with Crippen molar-refractivity contribution in [2.75, 3.05) is 23.9 Å². The molecule has 0 saturated carbocycles. The van der Waals surface area contributed by atoms with Gasteiger partial charge in [0.15, 0.2) is 0 Å². The largest absolute Gasteiger partial charge is 0.375 e. The van der Waals surface area contributed by atoms with E-state index < -0.39 is 0 Å². The first-order valence-electron chi connectivity index (χ1n) is 8.81. The maximum Gasteiger partial charge on any atom is 0.242 e. The molecule has 0 spiro atoms. The van der Waals surface area contributed by atoms with Crippen molar-refractivity contribution in [1.82, 2.24) is 15.3 Å². The average molecular weight is 367 g/mol. The lowest BCUT2D eigenvalue weighted by Gasteiger charge is -2.36. The van der Waals surface area contributed by atoms with Gasteiger partial charge in [-0.3, -0.25) is 4.79 Å². The Hall–Kier alpha value is -1.34. The quantitative estimate of drug-likeness (QED) is 0.773. The van der Waals surface area contributed by atoms with Crippen LogP contribution in [0.1, 0.15) is 44.5 Å². The van der Waals surface area contributed by atoms with Crippen LogP contribution >= 0.6 is 11.8 Å². The molecular formula is C18H30N4O2S. The van der Waals surface area contributed by atoms with Crippen LogP contribution in [0.15, 0.2) is 6.07 Å². The highest BCUT2D eigenvalue weighted by Gasteiger charge is 2.31. The Morgan fingerprint density at radius 2 is 2.08 bits per heavy atom. The Balaban J connectivity index is 2.03. The van der Waals surface area contributed by atoms with Crippen molar-refractivity contribution in [2.45, 2.75) is 64.6 Å². The first kappa shape index (κ1) is 20.0. The maximum atomic E-state index is 12.8. The fourth-order valence-corrected chi connectivity index (χ4v) is 3.58. The Morgan fingerprint density at radius 1 is 1.40 bits per heavy atom. The highest BCUT2D eigenvalue weighted by Crippen LogP contribution is 2.24. The monoisotopic (exact) mass is 366 g/mol. The Morgan fingerprint density at radius 3 is 2.68 bits per heavy atom. The van der Waals surface area contributed by atoms with Gasteiger partial charge in [-0.2, -0.15) is 11.8 Å². The Kier molecular flexibility index (Phi) is 7.07. The van der Waals surface area contributed by atoms with Gasteiger partial charge in [0.05, 0.1) is 5.60 Å². The Labute approximate surface area is 154 Å². The van der Waals surface area contributed by atoms with Crippen LogP contribution in [0.2, 0.25) is 0 Å². The van der Waals surface area contributed by atoms with Gasteiger partial charge in [0.1, 0.15) is 6.04 Å². The van der Waals surface area contributed by atoms with Gasteiger partial charge in [-0.05, 0) is 65.0 Å². The normalized spacial score (nSPS) is 20.8. The first-order chi connectivity index (χ1) is 11.8. The molecule has 1 aliphatic rings. The molecule has 1 aromatic rings. The predicted molar refractivity (Wildman–Crippen MR) is 103 cm³/mol. The van der Waals surface area contributed by atoms with Crippen LogP contribution in [0.3, 0.4) is 0 Å². The van der Waals surface area contributed by atoms with Crippen LogP contribution in [0.25, 0.3) is 0 Å². The first-order valence-corrected chi connectivity index (χ1v) is 10.2. The number of carbonyl (C=O) groups excluding carboxylic acids is 1. The summed E-state index contributed by atoms with van der Waals surface area (Å²) < 4.78 is 5.73. The molecule has 0 aromatic carbocycles. The van der Waals surface area contributed by atoms with Gasteiger partial charge in [0, 0.05) is 24.0 Å². The highest BCUT2D eigenvalue weighted by molar-refractivity contribution is 7.98. The molecule has 2 heterocycles. The summed E-state index contributed by atoms with van der Waals surface area (Å²) in [6, 6.07) is 1.74. The van der Waals surface area contributed by atoms with E-state index in [-0.39, 0.29) is 23.6 Å². The zero-order chi connectivity index (χ0) is 18.4. The summed E-state index contributed by atoms with van der Waals surface area (Å²) in [7, 11) is 0. The number of aryl methyl sites for hydroxylation is 2. The van der Waals surface area contributed by atoms with Crippen molar-refractivity contribution < 1.29 is 9.53 Å². The summed E-state index contributed by atoms with van der Waals surface area (Å²) >= 11 is 1.73. The molecule has 1 aromatic heterocycles. The van der Waals surface area contributed by atoms with E-state index >= 15 is 0 Å². The number of rotatable bonds is 7. The van der Waals surface area contributed by atoms with E-state index in [9.17, 15) is 4.79 Å². The van der Waals surface area contributed by atoms with Gasteiger partial charge in [-0.1, -0.05) is 0 Å². The number of nitrogens with one attached hydrogen (secondary N) is 2. The zero-order valence-electron chi connectivity index (χ0n) is 15.9. The van der Waals surface area contributed by atoms with Crippen LogP contribution in [-0.2, 0) is 9.53 Å². The zero-order valence-corrected chi connectivity index (χ0v) is 16.7. The second-order valence-electron chi connectivity index (χ2n) is 7.26. The lowest BCUT2D eigenvalue weighted by Crippen LogP contribution is -2.50. The number of thioether (sulfide) groups is 1. The third-order valence-electron chi connectivity index (χ3n) is 4.26. The van der Waals surface area contributed by atoms with Gasteiger partial charge in [0.2, 0.25) is 11.9 Å². The second kappa shape index (κ2) is 8.85.